The Morgan fingerprint density at radius 2 is 2.05 bits per heavy atom. The third-order valence-corrected chi connectivity index (χ3v) is 3.23. The molecule has 2 rings (SSSR count). The van der Waals surface area contributed by atoms with Crippen LogP contribution in [-0.4, -0.2) is 10.0 Å². The molecular weight excluding hydrogens is 326 g/mol. The normalized spacial score (nSPS) is 10.3. The molecule has 0 aromatic heterocycles. The van der Waals surface area contributed by atoms with Crippen LogP contribution in [0.2, 0.25) is 0 Å². The summed E-state index contributed by atoms with van der Waals surface area (Å²) in [5.41, 5.74) is 1.09. The van der Waals surface area contributed by atoms with Crippen LogP contribution in [0.4, 0.5) is 5.69 Å². The largest absolute Gasteiger partial charge is 0.449 e. The van der Waals surface area contributed by atoms with Crippen LogP contribution in [0.5, 0.6) is 11.5 Å². The van der Waals surface area contributed by atoms with E-state index in [1.54, 1.807) is 37.3 Å². The van der Waals surface area contributed by atoms with Crippen LogP contribution in [0.15, 0.2) is 40.9 Å². The van der Waals surface area contributed by atoms with Crippen molar-refractivity contribution in [2.45, 2.75) is 13.5 Å². The van der Waals surface area contributed by atoms with Gasteiger partial charge in [0.1, 0.15) is 5.75 Å². The summed E-state index contributed by atoms with van der Waals surface area (Å²) >= 11 is 3.23. The second-order valence-corrected chi connectivity index (χ2v) is 5.11. The number of aryl methyl sites for hydroxylation is 1. The molecule has 0 saturated carbocycles. The van der Waals surface area contributed by atoms with Crippen molar-refractivity contribution in [2.24, 2.45) is 0 Å². The summed E-state index contributed by atoms with van der Waals surface area (Å²) in [6, 6.07) is 10.0. The first-order valence-electron chi connectivity index (χ1n) is 5.84. The number of aliphatic hydroxyl groups is 1. The number of nitro groups is 1. The Hall–Kier alpha value is -1.92. The summed E-state index contributed by atoms with van der Waals surface area (Å²) in [4.78, 5) is 10.6. The lowest BCUT2D eigenvalue weighted by Gasteiger charge is -2.12. The Labute approximate surface area is 124 Å². The van der Waals surface area contributed by atoms with E-state index in [0.29, 0.717) is 21.3 Å². The van der Waals surface area contributed by atoms with Crippen LogP contribution in [0.25, 0.3) is 0 Å². The summed E-state index contributed by atoms with van der Waals surface area (Å²) < 4.78 is 6.27. The van der Waals surface area contributed by atoms with Gasteiger partial charge in [0.05, 0.1) is 11.5 Å². The molecule has 0 bridgehead atoms. The number of para-hydroxylation sites is 1. The number of halogens is 1. The average molecular weight is 338 g/mol. The van der Waals surface area contributed by atoms with Crippen molar-refractivity contribution in [3.05, 3.63) is 62.1 Å². The third-order valence-electron chi connectivity index (χ3n) is 2.77. The highest BCUT2D eigenvalue weighted by atomic mass is 79.9. The van der Waals surface area contributed by atoms with Gasteiger partial charge in [0.25, 0.3) is 0 Å². The molecule has 1 N–H and O–H groups in total. The van der Waals surface area contributed by atoms with Gasteiger partial charge in [-0.2, -0.15) is 0 Å². The van der Waals surface area contributed by atoms with Crippen molar-refractivity contribution in [3.8, 4) is 11.5 Å². The SMILES string of the molecule is Cc1cc(Br)cc([N+](=O)[O-])c1Oc1ccccc1CO. The molecule has 0 unspecified atom stereocenters. The highest BCUT2D eigenvalue weighted by Gasteiger charge is 2.20. The standard InChI is InChI=1S/C14H12BrNO4/c1-9-6-11(15)7-12(16(18)19)14(9)20-13-5-3-2-4-10(13)8-17/h2-7,17H,8H2,1H3. The van der Waals surface area contributed by atoms with Gasteiger partial charge in [-0.05, 0) is 24.6 Å². The quantitative estimate of drug-likeness (QED) is 0.677. The number of aliphatic hydroxyl groups excluding tert-OH is 1. The van der Waals surface area contributed by atoms with Crippen molar-refractivity contribution < 1.29 is 14.8 Å². The predicted molar refractivity (Wildman–Crippen MR) is 78.0 cm³/mol. The maximum Gasteiger partial charge on any atom is 0.312 e. The van der Waals surface area contributed by atoms with E-state index in [9.17, 15) is 15.2 Å². The second kappa shape index (κ2) is 6.02. The fraction of sp³-hybridized carbons (Fsp3) is 0.143. The monoisotopic (exact) mass is 337 g/mol. The Balaban J connectivity index is 2.50. The lowest BCUT2D eigenvalue weighted by atomic mass is 10.2. The van der Waals surface area contributed by atoms with Crippen LogP contribution in [0.3, 0.4) is 0 Å². The van der Waals surface area contributed by atoms with Crippen LogP contribution < -0.4 is 4.74 Å². The lowest BCUT2D eigenvalue weighted by molar-refractivity contribution is -0.385. The van der Waals surface area contributed by atoms with Gasteiger partial charge in [-0.3, -0.25) is 10.1 Å². The molecule has 6 heteroatoms. The second-order valence-electron chi connectivity index (χ2n) is 4.20. The fourth-order valence-electron chi connectivity index (χ4n) is 1.82. The molecule has 0 heterocycles. The highest BCUT2D eigenvalue weighted by Crippen LogP contribution is 2.38. The Bertz CT molecular complexity index is 658. The molecule has 0 atom stereocenters. The maximum atomic E-state index is 11.1. The zero-order valence-electron chi connectivity index (χ0n) is 10.7. The molecule has 0 radical (unpaired) electrons. The number of nitro benzene ring substituents is 1. The summed E-state index contributed by atoms with van der Waals surface area (Å²) in [6.45, 7) is 1.54. The maximum absolute atomic E-state index is 11.1. The van der Waals surface area contributed by atoms with Gasteiger partial charge in [-0.25, -0.2) is 0 Å². The molecule has 0 saturated heterocycles. The predicted octanol–water partition coefficient (Wildman–Crippen LogP) is 3.95. The minimum Gasteiger partial charge on any atom is -0.449 e. The van der Waals surface area contributed by atoms with E-state index >= 15 is 0 Å². The molecule has 0 aliphatic heterocycles. The molecule has 0 amide bonds. The molecule has 2 aromatic carbocycles. The Morgan fingerprint density at radius 1 is 1.35 bits per heavy atom. The van der Waals surface area contributed by atoms with Crippen LogP contribution in [0, 0.1) is 17.0 Å². The zero-order chi connectivity index (χ0) is 14.7. The molecule has 2 aromatic rings. The molecule has 20 heavy (non-hydrogen) atoms. The zero-order valence-corrected chi connectivity index (χ0v) is 12.3. The van der Waals surface area contributed by atoms with Crippen molar-refractivity contribution in [1.29, 1.82) is 0 Å². The molecule has 5 nitrogen and oxygen atoms in total. The number of rotatable bonds is 4. The van der Waals surface area contributed by atoms with E-state index in [2.05, 4.69) is 15.9 Å². The number of ether oxygens (including phenoxy) is 1. The van der Waals surface area contributed by atoms with E-state index < -0.39 is 4.92 Å². The van der Waals surface area contributed by atoms with Crippen molar-refractivity contribution in [3.63, 3.8) is 0 Å². The fourth-order valence-corrected chi connectivity index (χ4v) is 2.38. The van der Waals surface area contributed by atoms with Gasteiger partial charge in [0.15, 0.2) is 0 Å². The van der Waals surface area contributed by atoms with Crippen molar-refractivity contribution in [1.82, 2.24) is 0 Å². The molecule has 0 fully saturated rings. The minimum atomic E-state index is -0.491. The Morgan fingerprint density at radius 3 is 2.70 bits per heavy atom. The van der Waals surface area contributed by atoms with E-state index in [0.717, 1.165) is 0 Å². The van der Waals surface area contributed by atoms with Crippen LogP contribution in [-0.2, 0) is 6.61 Å². The van der Waals surface area contributed by atoms with Crippen LogP contribution in [0.1, 0.15) is 11.1 Å². The lowest BCUT2D eigenvalue weighted by Crippen LogP contribution is -1.98. The molecule has 0 spiro atoms. The van der Waals surface area contributed by atoms with Crippen molar-refractivity contribution >= 4 is 21.6 Å². The van der Waals surface area contributed by atoms with Gasteiger partial charge < -0.3 is 9.84 Å². The average Bonchev–Trinajstić information content (AvgIpc) is 2.41. The van der Waals surface area contributed by atoms with Gasteiger partial charge in [-0.15, -0.1) is 0 Å². The van der Waals surface area contributed by atoms with Gasteiger partial charge in [0, 0.05) is 16.1 Å². The Kier molecular flexibility index (Phi) is 4.36. The third kappa shape index (κ3) is 2.97. The number of hydrogen-bond donors (Lipinski definition) is 1. The van der Waals surface area contributed by atoms with E-state index in [4.69, 9.17) is 4.74 Å². The van der Waals surface area contributed by atoms with E-state index in [1.807, 2.05) is 0 Å². The first-order valence-corrected chi connectivity index (χ1v) is 6.63. The van der Waals surface area contributed by atoms with E-state index in [-0.39, 0.29) is 18.0 Å². The first-order chi connectivity index (χ1) is 9.52. The summed E-state index contributed by atoms with van der Waals surface area (Å²) in [7, 11) is 0. The van der Waals surface area contributed by atoms with E-state index in [1.165, 1.54) is 6.07 Å². The van der Waals surface area contributed by atoms with Crippen molar-refractivity contribution in [2.75, 3.05) is 0 Å². The summed E-state index contributed by atoms with van der Waals surface area (Å²) in [5, 5.41) is 20.4. The number of hydrogen-bond acceptors (Lipinski definition) is 4. The summed E-state index contributed by atoms with van der Waals surface area (Å²) in [6.07, 6.45) is 0. The van der Waals surface area contributed by atoms with Gasteiger partial charge >= 0.3 is 5.69 Å². The number of nitrogens with zero attached hydrogens (tertiary/aromatic N) is 1. The molecule has 104 valence electrons. The van der Waals surface area contributed by atoms with Gasteiger partial charge in [-0.1, -0.05) is 34.1 Å². The van der Waals surface area contributed by atoms with Crippen LogP contribution >= 0.6 is 15.9 Å². The minimum absolute atomic E-state index is 0.121. The molecular formula is C14H12BrNO4. The highest BCUT2D eigenvalue weighted by molar-refractivity contribution is 9.10. The number of benzene rings is 2. The molecule has 0 aliphatic rings. The summed E-state index contributed by atoms with van der Waals surface area (Å²) in [5.74, 6) is 0.586. The molecule has 0 aliphatic carbocycles. The topological polar surface area (TPSA) is 72.6 Å². The smallest absolute Gasteiger partial charge is 0.312 e. The van der Waals surface area contributed by atoms with Gasteiger partial charge in [0.2, 0.25) is 5.75 Å². The first kappa shape index (κ1) is 14.5.